The van der Waals surface area contributed by atoms with E-state index in [9.17, 15) is 0 Å². The van der Waals surface area contributed by atoms with Gasteiger partial charge in [0.25, 0.3) is 0 Å². The van der Waals surface area contributed by atoms with Gasteiger partial charge in [0.05, 0.1) is 7.11 Å². The molecule has 0 amide bonds. The highest BCUT2D eigenvalue weighted by Gasteiger charge is 2.17. The lowest BCUT2D eigenvalue weighted by Crippen LogP contribution is -2.02. The van der Waals surface area contributed by atoms with Crippen LogP contribution in [-0.2, 0) is 0 Å². The number of hydrogen-bond donors (Lipinski definition) is 0. The van der Waals surface area contributed by atoms with Crippen molar-refractivity contribution in [2.45, 2.75) is 46.0 Å². The van der Waals surface area contributed by atoms with Crippen molar-refractivity contribution in [2.75, 3.05) is 7.11 Å². The molecule has 1 rings (SSSR count). The van der Waals surface area contributed by atoms with Gasteiger partial charge in [-0.2, -0.15) is 0 Å². The van der Waals surface area contributed by atoms with E-state index < -0.39 is 0 Å². The molecular formula is C16H23ClO. The Balaban J connectivity index is 3.24. The maximum absolute atomic E-state index is 6.23. The highest BCUT2D eigenvalue weighted by Crippen LogP contribution is 2.38. The van der Waals surface area contributed by atoms with Crippen molar-refractivity contribution in [2.24, 2.45) is 0 Å². The highest BCUT2D eigenvalue weighted by molar-refractivity contribution is 6.30. The second-order valence-electron chi connectivity index (χ2n) is 4.98. The van der Waals surface area contributed by atoms with Crippen LogP contribution in [0.3, 0.4) is 0 Å². The topological polar surface area (TPSA) is 9.23 Å². The van der Waals surface area contributed by atoms with Crippen LogP contribution in [0.1, 0.15) is 57.1 Å². The molecule has 0 aliphatic heterocycles. The van der Waals surface area contributed by atoms with E-state index in [0.29, 0.717) is 11.8 Å². The summed E-state index contributed by atoms with van der Waals surface area (Å²) in [6, 6.07) is 4.04. The molecule has 0 heterocycles. The Kier molecular flexibility index (Phi) is 5.74. The number of benzene rings is 1. The van der Waals surface area contributed by atoms with Crippen molar-refractivity contribution in [3.8, 4) is 5.75 Å². The van der Waals surface area contributed by atoms with E-state index in [1.165, 1.54) is 11.1 Å². The van der Waals surface area contributed by atoms with Crippen LogP contribution < -0.4 is 4.74 Å². The number of halogens is 1. The summed E-state index contributed by atoms with van der Waals surface area (Å²) in [6.45, 7) is 8.57. The van der Waals surface area contributed by atoms with Crippen molar-refractivity contribution >= 4 is 11.6 Å². The summed E-state index contributed by atoms with van der Waals surface area (Å²) in [5, 5.41) is 0.793. The second-order valence-corrected chi connectivity index (χ2v) is 5.41. The fraction of sp³-hybridized carbons (Fsp3) is 0.500. The Morgan fingerprint density at radius 3 is 2.33 bits per heavy atom. The minimum absolute atomic E-state index is 0.409. The molecule has 0 spiro atoms. The van der Waals surface area contributed by atoms with Crippen molar-refractivity contribution < 1.29 is 4.74 Å². The lowest BCUT2D eigenvalue weighted by molar-refractivity contribution is 0.399. The summed E-state index contributed by atoms with van der Waals surface area (Å²) in [4.78, 5) is 0. The molecule has 0 aliphatic rings. The largest absolute Gasteiger partial charge is 0.496 e. The molecule has 1 unspecified atom stereocenters. The third kappa shape index (κ3) is 3.52. The molecule has 0 aromatic heterocycles. The first kappa shape index (κ1) is 15.1. The summed E-state index contributed by atoms with van der Waals surface area (Å²) in [5.41, 5.74) is 2.39. The van der Waals surface area contributed by atoms with Crippen LogP contribution in [0.4, 0.5) is 0 Å². The molecule has 0 radical (unpaired) electrons. The molecule has 1 aromatic rings. The Hall–Kier alpha value is -0.950. The van der Waals surface area contributed by atoms with Gasteiger partial charge in [0.15, 0.2) is 0 Å². The molecule has 0 bridgehead atoms. The van der Waals surface area contributed by atoms with Crippen molar-refractivity contribution in [3.63, 3.8) is 0 Å². The van der Waals surface area contributed by atoms with E-state index >= 15 is 0 Å². The van der Waals surface area contributed by atoms with Crippen LogP contribution >= 0.6 is 11.6 Å². The summed E-state index contributed by atoms with van der Waals surface area (Å²) in [5.74, 6) is 1.81. The van der Waals surface area contributed by atoms with E-state index in [2.05, 4.69) is 32.9 Å². The Bertz CT molecular complexity index is 421. The molecule has 0 aliphatic carbocycles. The van der Waals surface area contributed by atoms with Crippen LogP contribution in [-0.4, -0.2) is 7.11 Å². The summed E-state index contributed by atoms with van der Waals surface area (Å²) in [7, 11) is 1.74. The number of rotatable bonds is 5. The molecule has 2 heteroatoms. The molecule has 0 fully saturated rings. The molecule has 0 saturated carbocycles. The van der Waals surface area contributed by atoms with E-state index in [1.807, 2.05) is 19.1 Å². The van der Waals surface area contributed by atoms with Crippen LogP contribution in [0.5, 0.6) is 5.75 Å². The van der Waals surface area contributed by atoms with Gasteiger partial charge < -0.3 is 4.74 Å². The molecule has 1 nitrogen and oxygen atoms in total. The molecule has 100 valence electrons. The Labute approximate surface area is 116 Å². The standard InChI is InChI=1S/C16H23ClO/c1-6-7-8-12(4)15-10-13(17)9-14(11(2)3)16(15)18-5/h6-7,9-12H,8H2,1-5H3/b7-6-. The zero-order valence-corrected chi connectivity index (χ0v) is 12.7. The summed E-state index contributed by atoms with van der Waals surface area (Å²) in [6.07, 6.45) is 5.27. The fourth-order valence-corrected chi connectivity index (χ4v) is 2.37. The molecule has 0 saturated heterocycles. The number of ether oxygens (including phenoxy) is 1. The lowest BCUT2D eigenvalue weighted by Gasteiger charge is -2.20. The molecule has 0 N–H and O–H groups in total. The normalized spacial score (nSPS) is 13.3. The van der Waals surface area contributed by atoms with E-state index in [0.717, 1.165) is 17.2 Å². The first-order valence-electron chi connectivity index (χ1n) is 6.49. The van der Waals surface area contributed by atoms with Crippen molar-refractivity contribution in [1.29, 1.82) is 0 Å². The van der Waals surface area contributed by atoms with E-state index in [1.54, 1.807) is 7.11 Å². The smallest absolute Gasteiger partial charge is 0.125 e. The van der Waals surface area contributed by atoms with Crippen LogP contribution in [0.15, 0.2) is 24.3 Å². The average Bonchev–Trinajstić information content (AvgIpc) is 2.34. The third-order valence-electron chi connectivity index (χ3n) is 3.19. The van der Waals surface area contributed by atoms with Crippen molar-refractivity contribution in [1.82, 2.24) is 0 Å². The van der Waals surface area contributed by atoms with Gasteiger partial charge in [-0.3, -0.25) is 0 Å². The Morgan fingerprint density at radius 1 is 1.22 bits per heavy atom. The fourth-order valence-electron chi connectivity index (χ4n) is 2.13. The van der Waals surface area contributed by atoms with Gasteiger partial charge in [0.2, 0.25) is 0 Å². The van der Waals surface area contributed by atoms with Crippen LogP contribution in [0, 0.1) is 0 Å². The average molecular weight is 267 g/mol. The molecule has 1 aromatic carbocycles. The highest BCUT2D eigenvalue weighted by atomic mass is 35.5. The SMILES string of the molecule is C/C=C\CC(C)c1cc(Cl)cc(C(C)C)c1OC. The van der Waals surface area contributed by atoms with Gasteiger partial charge in [0, 0.05) is 5.02 Å². The summed E-state index contributed by atoms with van der Waals surface area (Å²) >= 11 is 6.23. The molecular weight excluding hydrogens is 244 g/mol. The molecule has 1 atom stereocenters. The monoisotopic (exact) mass is 266 g/mol. The van der Waals surface area contributed by atoms with Crippen LogP contribution in [0.25, 0.3) is 0 Å². The minimum Gasteiger partial charge on any atom is -0.496 e. The Morgan fingerprint density at radius 2 is 1.83 bits per heavy atom. The minimum atomic E-state index is 0.409. The lowest BCUT2D eigenvalue weighted by atomic mass is 9.91. The van der Waals surface area contributed by atoms with Gasteiger partial charge in [-0.1, -0.05) is 44.5 Å². The second kappa shape index (κ2) is 6.84. The van der Waals surface area contributed by atoms with E-state index in [-0.39, 0.29) is 0 Å². The summed E-state index contributed by atoms with van der Waals surface area (Å²) < 4.78 is 5.61. The van der Waals surface area contributed by atoms with Gasteiger partial charge in [0.1, 0.15) is 5.75 Å². The van der Waals surface area contributed by atoms with Crippen molar-refractivity contribution in [3.05, 3.63) is 40.4 Å². The quantitative estimate of drug-likeness (QED) is 0.636. The third-order valence-corrected chi connectivity index (χ3v) is 3.41. The van der Waals surface area contributed by atoms with Gasteiger partial charge in [-0.25, -0.2) is 0 Å². The predicted molar refractivity (Wildman–Crippen MR) is 79.9 cm³/mol. The molecule has 18 heavy (non-hydrogen) atoms. The first-order valence-corrected chi connectivity index (χ1v) is 6.87. The van der Waals surface area contributed by atoms with E-state index in [4.69, 9.17) is 16.3 Å². The number of allylic oxidation sites excluding steroid dienone is 2. The zero-order valence-electron chi connectivity index (χ0n) is 12.0. The van der Waals surface area contributed by atoms with Gasteiger partial charge in [-0.05, 0) is 48.4 Å². The van der Waals surface area contributed by atoms with Gasteiger partial charge in [-0.15, -0.1) is 0 Å². The predicted octanol–water partition coefficient (Wildman–Crippen LogP) is 5.54. The van der Waals surface area contributed by atoms with Crippen LogP contribution in [0.2, 0.25) is 5.02 Å². The number of methoxy groups -OCH3 is 1. The first-order chi connectivity index (χ1) is 8.51. The maximum atomic E-state index is 6.23. The number of hydrogen-bond acceptors (Lipinski definition) is 1. The zero-order chi connectivity index (χ0) is 13.7. The van der Waals surface area contributed by atoms with Gasteiger partial charge >= 0.3 is 0 Å². The maximum Gasteiger partial charge on any atom is 0.125 e.